The molecule has 1 amide bonds. The molecule has 0 fully saturated rings. The number of rotatable bonds is 6. The van der Waals surface area contributed by atoms with Gasteiger partial charge in [0.05, 0.1) is 4.92 Å². The van der Waals surface area contributed by atoms with E-state index in [4.69, 9.17) is 4.74 Å². The van der Waals surface area contributed by atoms with Crippen molar-refractivity contribution >= 4 is 17.3 Å². The Morgan fingerprint density at radius 3 is 2.78 bits per heavy atom. The van der Waals surface area contributed by atoms with Crippen LogP contribution in [0.2, 0.25) is 0 Å². The molecule has 23 heavy (non-hydrogen) atoms. The lowest BCUT2D eigenvalue weighted by atomic mass is 10.1. The van der Waals surface area contributed by atoms with Gasteiger partial charge in [-0.2, -0.15) is 0 Å². The molecule has 0 bridgehead atoms. The number of amides is 1. The summed E-state index contributed by atoms with van der Waals surface area (Å²) in [5, 5.41) is 13.5. The van der Waals surface area contributed by atoms with Crippen LogP contribution in [0.3, 0.4) is 0 Å². The summed E-state index contributed by atoms with van der Waals surface area (Å²) in [6.07, 6.45) is 0.829. The van der Waals surface area contributed by atoms with E-state index in [0.29, 0.717) is 5.69 Å². The van der Waals surface area contributed by atoms with Gasteiger partial charge in [0.25, 0.3) is 5.91 Å². The summed E-state index contributed by atoms with van der Waals surface area (Å²) in [6.45, 7) is 1.54. The van der Waals surface area contributed by atoms with Gasteiger partial charge in [0.15, 0.2) is 6.61 Å². The molecule has 0 spiro atoms. The Kier molecular flexibility index (Phi) is 5.24. The van der Waals surface area contributed by atoms with Crippen LogP contribution in [0.1, 0.15) is 12.5 Å². The largest absolute Gasteiger partial charge is 0.477 e. The molecule has 0 saturated heterocycles. The minimum absolute atomic E-state index is 0.285. The first-order valence-electron chi connectivity index (χ1n) is 6.95. The van der Waals surface area contributed by atoms with Crippen molar-refractivity contribution in [3.63, 3.8) is 0 Å². The average Bonchev–Trinajstić information content (AvgIpc) is 2.53. The maximum absolute atomic E-state index is 13.2. The maximum atomic E-state index is 13.2. The van der Waals surface area contributed by atoms with Crippen molar-refractivity contribution < 1.29 is 18.8 Å². The zero-order valence-corrected chi connectivity index (χ0v) is 12.4. The quantitative estimate of drug-likeness (QED) is 0.654. The molecule has 0 aliphatic rings. The molecule has 0 radical (unpaired) electrons. The molecular formula is C16H15FN2O4. The first kappa shape index (κ1) is 16.4. The molecule has 2 aromatic carbocycles. The molecule has 6 nitrogen and oxygen atoms in total. The van der Waals surface area contributed by atoms with Gasteiger partial charge in [0.2, 0.25) is 5.75 Å². The lowest BCUT2D eigenvalue weighted by molar-refractivity contribution is -0.385. The molecule has 0 aliphatic heterocycles. The van der Waals surface area contributed by atoms with Crippen molar-refractivity contribution in [2.45, 2.75) is 13.3 Å². The van der Waals surface area contributed by atoms with E-state index >= 15 is 0 Å². The fourth-order valence-electron chi connectivity index (χ4n) is 1.96. The third-order valence-electron chi connectivity index (χ3n) is 3.10. The molecule has 0 aliphatic carbocycles. The van der Waals surface area contributed by atoms with Gasteiger partial charge >= 0.3 is 5.69 Å². The number of carbonyl (C=O) groups excluding carboxylic acids is 1. The smallest absolute Gasteiger partial charge is 0.311 e. The number of aryl methyl sites for hydroxylation is 1. The number of carbonyl (C=O) groups is 1. The number of anilines is 1. The van der Waals surface area contributed by atoms with Crippen LogP contribution >= 0.6 is 0 Å². The summed E-state index contributed by atoms with van der Waals surface area (Å²) < 4.78 is 18.2. The lowest BCUT2D eigenvalue weighted by Gasteiger charge is -2.09. The van der Waals surface area contributed by atoms with Crippen LogP contribution < -0.4 is 10.1 Å². The lowest BCUT2D eigenvalue weighted by Crippen LogP contribution is -2.20. The van der Waals surface area contributed by atoms with Gasteiger partial charge in [-0.15, -0.1) is 0 Å². The van der Waals surface area contributed by atoms with Crippen LogP contribution in [0.5, 0.6) is 5.75 Å². The fourth-order valence-corrected chi connectivity index (χ4v) is 1.96. The van der Waals surface area contributed by atoms with Crippen LogP contribution in [0, 0.1) is 15.9 Å². The average molecular weight is 318 g/mol. The first-order valence-corrected chi connectivity index (χ1v) is 6.95. The van der Waals surface area contributed by atoms with Crippen LogP contribution in [0.4, 0.5) is 15.8 Å². The van der Waals surface area contributed by atoms with E-state index < -0.39 is 28.9 Å². The number of ether oxygens (including phenoxy) is 1. The Labute approximate surface area is 132 Å². The van der Waals surface area contributed by atoms with Crippen molar-refractivity contribution in [2.24, 2.45) is 0 Å². The highest BCUT2D eigenvalue weighted by Crippen LogP contribution is 2.27. The van der Waals surface area contributed by atoms with Crippen LogP contribution in [0.25, 0.3) is 0 Å². The SMILES string of the molecule is CCc1cccc(NC(=O)COc2cc(F)ccc2[N+](=O)[O-])c1. The van der Waals surface area contributed by atoms with Crippen molar-refractivity contribution in [2.75, 3.05) is 11.9 Å². The molecule has 0 aromatic heterocycles. The summed E-state index contributed by atoms with van der Waals surface area (Å²) in [4.78, 5) is 22.0. The topological polar surface area (TPSA) is 81.5 Å². The number of nitrogens with one attached hydrogen (secondary N) is 1. The first-order chi connectivity index (χ1) is 11.0. The Morgan fingerprint density at radius 1 is 1.30 bits per heavy atom. The van der Waals surface area contributed by atoms with E-state index in [9.17, 15) is 19.3 Å². The number of hydrogen-bond donors (Lipinski definition) is 1. The van der Waals surface area contributed by atoms with E-state index in [0.717, 1.165) is 30.2 Å². The predicted octanol–water partition coefficient (Wildman–Crippen LogP) is 3.31. The van der Waals surface area contributed by atoms with E-state index in [2.05, 4.69) is 5.32 Å². The van der Waals surface area contributed by atoms with Crippen molar-refractivity contribution in [1.82, 2.24) is 0 Å². The van der Waals surface area contributed by atoms with Gasteiger partial charge in [-0.1, -0.05) is 19.1 Å². The van der Waals surface area contributed by atoms with Gasteiger partial charge in [0, 0.05) is 17.8 Å². The fraction of sp³-hybridized carbons (Fsp3) is 0.188. The maximum Gasteiger partial charge on any atom is 0.311 e. The van der Waals surface area contributed by atoms with E-state index in [1.54, 1.807) is 6.07 Å². The summed E-state index contributed by atoms with van der Waals surface area (Å²) in [7, 11) is 0. The molecule has 0 heterocycles. The highest BCUT2D eigenvalue weighted by atomic mass is 19.1. The molecule has 2 aromatic rings. The van der Waals surface area contributed by atoms with Gasteiger partial charge < -0.3 is 10.1 Å². The van der Waals surface area contributed by atoms with E-state index in [-0.39, 0.29) is 5.75 Å². The van der Waals surface area contributed by atoms with Crippen LogP contribution in [-0.2, 0) is 11.2 Å². The van der Waals surface area contributed by atoms with E-state index in [1.165, 1.54) is 0 Å². The highest BCUT2D eigenvalue weighted by molar-refractivity contribution is 5.92. The second-order valence-electron chi connectivity index (χ2n) is 4.76. The number of hydrogen-bond acceptors (Lipinski definition) is 4. The van der Waals surface area contributed by atoms with Gasteiger partial charge in [0.1, 0.15) is 5.82 Å². The standard InChI is InChI=1S/C16H15FN2O4/c1-2-11-4-3-5-13(8-11)18-16(20)10-23-15-9-12(17)6-7-14(15)19(21)22/h3-9H,2,10H2,1H3,(H,18,20). The third-order valence-corrected chi connectivity index (χ3v) is 3.10. The molecule has 2 rings (SSSR count). The summed E-state index contributed by atoms with van der Waals surface area (Å²) in [5.74, 6) is -1.45. The predicted molar refractivity (Wildman–Crippen MR) is 83.0 cm³/mol. The number of nitrogens with zero attached hydrogens (tertiary/aromatic N) is 1. The summed E-state index contributed by atoms with van der Waals surface area (Å²) >= 11 is 0. The second kappa shape index (κ2) is 7.35. The molecule has 0 atom stereocenters. The zero-order valence-electron chi connectivity index (χ0n) is 12.4. The van der Waals surface area contributed by atoms with Gasteiger partial charge in [-0.05, 0) is 30.2 Å². The van der Waals surface area contributed by atoms with Crippen molar-refractivity contribution in [3.8, 4) is 5.75 Å². The Balaban J connectivity index is 2.02. The third kappa shape index (κ3) is 4.50. The van der Waals surface area contributed by atoms with Crippen LogP contribution in [-0.4, -0.2) is 17.4 Å². The number of nitro groups is 1. The monoisotopic (exact) mass is 318 g/mol. The molecule has 0 saturated carbocycles. The van der Waals surface area contributed by atoms with E-state index in [1.807, 2.05) is 25.1 Å². The Hall–Kier alpha value is -2.96. The molecule has 0 unspecified atom stereocenters. The number of halogens is 1. The normalized spacial score (nSPS) is 10.2. The highest BCUT2D eigenvalue weighted by Gasteiger charge is 2.17. The minimum Gasteiger partial charge on any atom is -0.477 e. The molecule has 1 N–H and O–H groups in total. The molecule has 7 heteroatoms. The summed E-state index contributed by atoms with van der Waals surface area (Å²) in [5.41, 5.74) is 1.27. The van der Waals surface area contributed by atoms with Crippen LogP contribution in [0.15, 0.2) is 42.5 Å². The van der Waals surface area contributed by atoms with Gasteiger partial charge in [-0.25, -0.2) is 4.39 Å². The second-order valence-corrected chi connectivity index (χ2v) is 4.76. The Bertz CT molecular complexity index is 734. The van der Waals surface area contributed by atoms with Crippen molar-refractivity contribution in [3.05, 3.63) is 64.0 Å². The number of nitro benzene ring substituents is 1. The number of benzene rings is 2. The summed E-state index contributed by atoms with van der Waals surface area (Å²) in [6, 6.07) is 10.1. The minimum atomic E-state index is -0.697. The van der Waals surface area contributed by atoms with Crippen molar-refractivity contribution in [1.29, 1.82) is 0 Å². The zero-order chi connectivity index (χ0) is 16.8. The molecule has 120 valence electrons. The Morgan fingerprint density at radius 2 is 2.09 bits per heavy atom. The molecular weight excluding hydrogens is 303 g/mol. The van der Waals surface area contributed by atoms with Gasteiger partial charge in [-0.3, -0.25) is 14.9 Å².